The molecule has 9 heteroatoms. The van der Waals surface area contributed by atoms with Crippen molar-refractivity contribution in [3.05, 3.63) is 48.2 Å². The summed E-state index contributed by atoms with van der Waals surface area (Å²) >= 11 is 0. The highest BCUT2D eigenvalue weighted by Crippen LogP contribution is 2.36. The van der Waals surface area contributed by atoms with Crippen molar-refractivity contribution in [1.29, 1.82) is 0 Å². The van der Waals surface area contributed by atoms with Crippen molar-refractivity contribution in [2.45, 2.75) is 45.1 Å². The van der Waals surface area contributed by atoms with E-state index in [-0.39, 0.29) is 12.5 Å². The molecule has 36 heavy (non-hydrogen) atoms. The predicted molar refractivity (Wildman–Crippen MR) is 141 cm³/mol. The van der Waals surface area contributed by atoms with E-state index in [4.69, 9.17) is 4.98 Å². The number of nitrogens with zero attached hydrogens (tertiary/aromatic N) is 6. The topological polar surface area (TPSA) is 91.2 Å². The number of hydrogen-bond acceptors (Lipinski definition) is 7. The largest absolute Gasteiger partial charge is 0.359 e. The van der Waals surface area contributed by atoms with E-state index in [1.54, 1.807) is 6.33 Å². The van der Waals surface area contributed by atoms with Gasteiger partial charge >= 0.3 is 0 Å². The maximum atomic E-state index is 12.0. The Balaban J connectivity index is 1.21. The summed E-state index contributed by atoms with van der Waals surface area (Å²) < 4.78 is 2.41. The van der Waals surface area contributed by atoms with E-state index in [9.17, 15) is 4.79 Å². The monoisotopic (exact) mass is 486 g/mol. The molecule has 0 atom stereocenters. The van der Waals surface area contributed by atoms with Crippen LogP contribution >= 0.6 is 0 Å². The first-order chi connectivity index (χ1) is 17.6. The van der Waals surface area contributed by atoms with Gasteiger partial charge in [0.15, 0.2) is 11.6 Å². The van der Waals surface area contributed by atoms with Crippen LogP contribution in [0.5, 0.6) is 0 Å². The normalized spacial score (nSPS) is 18.7. The molecular formula is C27H34N8O. The molecule has 5 heterocycles. The van der Waals surface area contributed by atoms with E-state index >= 15 is 0 Å². The van der Waals surface area contributed by atoms with Crippen LogP contribution in [0.2, 0.25) is 0 Å². The highest BCUT2D eigenvalue weighted by Gasteiger charge is 2.29. The highest BCUT2D eigenvalue weighted by atomic mass is 16.2. The van der Waals surface area contributed by atoms with Crippen molar-refractivity contribution >= 4 is 23.2 Å². The van der Waals surface area contributed by atoms with Crippen LogP contribution in [-0.2, 0) is 11.3 Å². The van der Waals surface area contributed by atoms with E-state index in [0.29, 0.717) is 17.4 Å². The number of amides is 1. The molecule has 0 saturated carbocycles. The first-order valence-corrected chi connectivity index (χ1v) is 13.1. The molecule has 6 rings (SSSR count). The lowest BCUT2D eigenvalue weighted by Gasteiger charge is -2.34. The number of likely N-dealkylation sites (tertiary alicyclic amines) is 1. The van der Waals surface area contributed by atoms with Crippen LogP contribution in [0.15, 0.2) is 36.8 Å². The van der Waals surface area contributed by atoms with E-state index in [2.05, 4.69) is 72.4 Å². The molecule has 9 nitrogen and oxygen atoms in total. The molecule has 0 radical (unpaired) electrons. The van der Waals surface area contributed by atoms with Crippen molar-refractivity contribution in [2.75, 3.05) is 54.8 Å². The minimum atomic E-state index is -0.0582. The first kappa shape index (κ1) is 23.0. The summed E-state index contributed by atoms with van der Waals surface area (Å²) in [5.74, 6) is 3.03. The molecular weight excluding hydrogens is 452 g/mol. The van der Waals surface area contributed by atoms with E-state index in [1.165, 1.54) is 42.9 Å². The van der Waals surface area contributed by atoms with Crippen LogP contribution in [0.3, 0.4) is 0 Å². The summed E-state index contributed by atoms with van der Waals surface area (Å²) in [6.45, 7) is 8.57. The van der Waals surface area contributed by atoms with Gasteiger partial charge in [-0.15, -0.1) is 0 Å². The first-order valence-electron chi connectivity index (χ1n) is 13.1. The fraction of sp³-hybridized carbons (Fsp3) is 0.481. The van der Waals surface area contributed by atoms with Gasteiger partial charge in [-0.25, -0.2) is 15.0 Å². The molecule has 1 amide bonds. The average molecular weight is 487 g/mol. The maximum absolute atomic E-state index is 12.0. The van der Waals surface area contributed by atoms with Gasteiger partial charge in [0.1, 0.15) is 17.8 Å². The second-order valence-electron chi connectivity index (χ2n) is 10.2. The van der Waals surface area contributed by atoms with Gasteiger partial charge < -0.3 is 25.0 Å². The number of hydrogen-bond donors (Lipinski definition) is 2. The predicted octanol–water partition coefficient (Wildman–Crippen LogP) is 3.49. The fourth-order valence-corrected chi connectivity index (χ4v) is 5.62. The van der Waals surface area contributed by atoms with Gasteiger partial charge in [0.2, 0.25) is 5.91 Å². The Bertz CT molecular complexity index is 1220. The fourth-order valence-electron chi connectivity index (χ4n) is 5.62. The number of nitrogens with one attached hydrogen (secondary N) is 2. The van der Waals surface area contributed by atoms with E-state index in [0.717, 1.165) is 50.5 Å². The Labute approximate surface area is 211 Å². The summed E-state index contributed by atoms with van der Waals surface area (Å²) in [7, 11) is 0. The lowest BCUT2D eigenvalue weighted by Crippen LogP contribution is -2.37. The van der Waals surface area contributed by atoms with E-state index < -0.39 is 0 Å². The lowest BCUT2D eigenvalue weighted by molar-refractivity contribution is -0.114. The Morgan fingerprint density at radius 3 is 2.56 bits per heavy atom. The van der Waals surface area contributed by atoms with Crippen LogP contribution in [0, 0.1) is 6.92 Å². The van der Waals surface area contributed by atoms with Gasteiger partial charge in [-0.2, -0.15) is 0 Å². The smallest absolute Gasteiger partial charge is 0.243 e. The third kappa shape index (κ3) is 4.67. The maximum Gasteiger partial charge on any atom is 0.243 e. The molecule has 0 spiro atoms. The van der Waals surface area contributed by atoms with Gasteiger partial charge in [0.25, 0.3) is 0 Å². The van der Waals surface area contributed by atoms with Crippen LogP contribution in [0.25, 0.3) is 11.3 Å². The number of benzene rings is 1. The van der Waals surface area contributed by atoms with E-state index in [1.807, 2.05) is 0 Å². The summed E-state index contributed by atoms with van der Waals surface area (Å²) in [5.41, 5.74) is 4.20. The number of carbonyl (C=O) groups is 1. The minimum absolute atomic E-state index is 0.0582. The second kappa shape index (κ2) is 9.89. The quantitative estimate of drug-likeness (QED) is 0.551. The summed E-state index contributed by atoms with van der Waals surface area (Å²) in [6, 6.07) is 8.67. The molecule has 2 aromatic heterocycles. The number of imidazole rings is 1. The van der Waals surface area contributed by atoms with Gasteiger partial charge in [-0.1, -0.05) is 29.8 Å². The van der Waals surface area contributed by atoms with Gasteiger partial charge in [0.05, 0.1) is 12.2 Å². The molecule has 3 aromatic rings. The van der Waals surface area contributed by atoms with Crippen molar-refractivity contribution in [1.82, 2.24) is 24.4 Å². The SMILES string of the molecule is Cc1ccc(-c2cn(CCN3CCCC3)c(C3CCN(c4ncnc5c4NC(=O)CN5)CC3)n2)cc1. The number of carbonyl (C=O) groups excluding carboxylic acids is 1. The summed E-state index contributed by atoms with van der Waals surface area (Å²) in [6.07, 6.45) is 8.44. The van der Waals surface area contributed by atoms with Crippen molar-refractivity contribution in [3.8, 4) is 11.3 Å². The average Bonchev–Trinajstić information content (AvgIpc) is 3.58. The number of fused-ring (bicyclic) bond motifs is 1. The zero-order chi connectivity index (χ0) is 24.5. The lowest BCUT2D eigenvalue weighted by atomic mass is 9.95. The number of piperidine rings is 1. The summed E-state index contributed by atoms with van der Waals surface area (Å²) in [5, 5.41) is 6.04. The molecule has 188 valence electrons. The van der Waals surface area contributed by atoms with Crippen LogP contribution in [0.4, 0.5) is 17.3 Å². The van der Waals surface area contributed by atoms with Crippen molar-refractivity contribution < 1.29 is 4.79 Å². The number of rotatable bonds is 6. The highest BCUT2D eigenvalue weighted by molar-refractivity contribution is 6.02. The third-order valence-electron chi connectivity index (χ3n) is 7.68. The molecule has 2 fully saturated rings. The molecule has 2 N–H and O–H groups in total. The third-order valence-corrected chi connectivity index (χ3v) is 7.68. The molecule has 3 aliphatic rings. The van der Waals surface area contributed by atoms with Crippen LogP contribution in [-0.4, -0.2) is 69.6 Å². The zero-order valence-corrected chi connectivity index (χ0v) is 20.9. The Morgan fingerprint density at radius 1 is 1.00 bits per heavy atom. The van der Waals surface area contributed by atoms with Crippen molar-refractivity contribution in [2.24, 2.45) is 0 Å². The van der Waals surface area contributed by atoms with Gasteiger partial charge in [-0.05, 0) is 45.7 Å². The minimum Gasteiger partial charge on any atom is -0.359 e. The van der Waals surface area contributed by atoms with Gasteiger partial charge in [0, 0.05) is 43.9 Å². The van der Waals surface area contributed by atoms with Gasteiger partial charge in [-0.3, -0.25) is 4.79 Å². The summed E-state index contributed by atoms with van der Waals surface area (Å²) in [4.78, 5) is 30.8. The molecule has 0 aliphatic carbocycles. The molecule has 1 aromatic carbocycles. The standard InChI is InChI=1S/C27H34N8O/c1-19-4-6-20(7-5-19)22-17-35(15-14-33-10-2-3-11-33)26(31-22)21-8-12-34(13-9-21)27-24-25(29-18-30-27)28-16-23(36)32-24/h4-7,17-18,21H,2-3,8-16H2,1H3,(H,32,36)(H,28,29,30). The zero-order valence-electron chi connectivity index (χ0n) is 20.9. The molecule has 3 aliphatic heterocycles. The molecule has 0 bridgehead atoms. The Morgan fingerprint density at radius 2 is 1.78 bits per heavy atom. The van der Waals surface area contributed by atoms with Crippen LogP contribution in [0.1, 0.15) is 43.0 Å². The number of aryl methyl sites for hydroxylation is 1. The van der Waals surface area contributed by atoms with Crippen LogP contribution < -0.4 is 15.5 Å². The molecule has 0 unspecified atom stereocenters. The van der Waals surface area contributed by atoms with Crippen molar-refractivity contribution in [3.63, 3.8) is 0 Å². The Hall–Kier alpha value is -3.46. The Kier molecular flexibility index (Phi) is 6.31. The second-order valence-corrected chi connectivity index (χ2v) is 10.2. The molecule has 2 saturated heterocycles. The number of anilines is 3. The number of aromatic nitrogens is 4.